The molecule has 1 atom stereocenters. The number of benzene rings is 1. The number of hydrogen-bond acceptors (Lipinski definition) is 4. The summed E-state index contributed by atoms with van der Waals surface area (Å²) < 4.78 is 5.47. The highest BCUT2D eigenvalue weighted by Crippen LogP contribution is 2.41. The van der Waals surface area contributed by atoms with Gasteiger partial charge in [0.05, 0.1) is 6.61 Å². The minimum absolute atomic E-state index is 0.242. The van der Waals surface area contributed by atoms with Crippen LogP contribution in [0, 0.1) is 5.92 Å². The standard InChI is InChI=1S/C24H40O3S/c1-16(2)12-10-9-11-13-27-22(26)21(28)17-14-18(23(3,4)5)20(25)19(15-17)24(6,7)8/h14-16,21,25,28H,9-13H2,1-8H3. The molecule has 0 aromatic heterocycles. The highest BCUT2D eigenvalue weighted by molar-refractivity contribution is 7.81. The summed E-state index contributed by atoms with van der Waals surface area (Å²) in [5, 5.41) is 10.2. The summed E-state index contributed by atoms with van der Waals surface area (Å²) in [5.74, 6) is 0.702. The van der Waals surface area contributed by atoms with Gasteiger partial charge in [0.1, 0.15) is 11.0 Å². The number of carbonyl (C=O) groups excluding carboxylic acids is 1. The Kier molecular flexibility index (Phi) is 8.92. The lowest BCUT2D eigenvalue weighted by Crippen LogP contribution is -2.20. The molecular weight excluding hydrogens is 368 g/mol. The molecule has 28 heavy (non-hydrogen) atoms. The molecule has 0 radical (unpaired) electrons. The maximum atomic E-state index is 12.5. The molecule has 1 aromatic rings. The Labute approximate surface area is 177 Å². The lowest BCUT2D eigenvalue weighted by Gasteiger charge is -2.29. The molecule has 0 fully saturated rings. The van der Waals surface area contributed by atoms with Crippen LogP contribution in [-0.2, 0) is 20.4 Å². The molecule has 0 aliphatic carbocycles. The molecule has 0 saturated carbocycles. The van der Waals surface area contributed by atoms with Gasteiger partial charge in [0.15, 0.2) is 0 Å². The largest absolute Gasteiger partial charge is 0.507 e. The number of thiol groups is 1. The Morgan fingerprint density at radius 2 is 1.50 bits per heavy atom. The molecule has 0 amide bonds. The van der Waals surface area contributed by atoms with Crippen LogP contribution in [-0.4, -0.2) is 17.7 Å². The minimum Gasteiger partial charge on any atom is -0.507 e. The van der Waals surface area contributed by atoms with Crippen molar-refractivity contribution in [3.05, 3.63) is 28.8 Å². The summed E-state index contributed by atoms with van der Waals surface area (Å²) in [6, 6.07) is 3.79. The molecular formula is C24H40O3S. The number of rotatable bonds is 8. The van der Waals surface area contributed by atoms with Crippen molar-refractivity contribution in [1.82, 2.24) is 0 Å². The first-order valence-electron chi connectivity index (χ1n) is 10.5. The molecule has 0 saturated heterocycles. The molecule has 160 valence electrons. The van der Waals surface area contributed by atoms with Crippen molar-refractivity contribution in [2.75, 3.05) is 6.61 Å². The number of phenolic OH excluding ortho intramolecular Hbond substituents is 1. The van der Waals surface area contributed by atoms with Crippen LogP contribution < -0.4 is 0 Å². The van der Waals surface area contributed by atoms with Gasteiger partial charge in [-0.15, -0.1) is 0 Å². The van der Waals surface area contributed by atoms with Crippen LogP contribution in [0.1, 0.15) is 103 Å². The van der Waals surface area contributed by atoms with Gasteiger partial charge in [-0.05, 0) is 52.0 Å². The Morgan fingerprint density at radius 3 is 1.93 bits per heavy atom. The first-order chi connectivity index (χ1) is 12.7. The van der Waals surface area contributed by atoms with E-state index in [4.69, 9.17) is 4.74 Å². The van der Waals surface area contributed by atoms with Crippen molar-refractivity contribution in [2.45, 2.75) is 97.2 Å². The average Bonchev–Trinajstić information content (AvgIpc) is 2.54. The van der Waals surface area contributed by atoms with Gasteiger partial charge in [0.25, 0.3) is 0 Å². The lowest BCUT2D eigenvalue weighted by atomic mass is 9.78. The van der Waals surface area contributed by atoms with E-state index >= 15 is 0 Å². The van der Waals surface area contributed by atoms with Crippen molar-refractivity contribution in [1.29, 1.82) is 0 Å². The molecule has 0 aliphatic heterocycles. The fourth-order valence-corrected chi connectivity index (χ4v) is 3.40. The molecule has 1 aromatic carbocycles. The molecule has 1 N–H and O–H groups in total. The van der Waals surface area contributed by atoms with Crippen molar-refractivity contribution in [2.24, 2.45) is 5.92 Å². The van der Waals surface area contributed by atoms with Crippen molar-refractivity contribution < 1.29 is 14.6 Å². The van der Waals surface area contributed by atoms with E-state index in [2.05, 4.69) is 68.0 Å². The Bertz CT molecular complexity index is 616. The van der Waals surface area contributed by atoms with E-state index in [1.165, 1.54) is 12.8 Å². The first-order valence-corrected chi connectivity index (χ1v) is 11.0. The molecule has 0 bridgehead atoms. The summed E-state index contributed by atoms with van der Waals surface area (Å²) in [4.78, 5) is 12.5. The first kappa shape index (κ1) is 24.9. The van der Waals surface area contributed by atoms with Gasteiger partial charge in [-0.3, -0.25) is 4.79 Å². The van der Waals surface area contributed by atoms with E-state index in [-0.39, 0.29) is 16.8 Å². The van der Waals surface area contributed by atoms with Crippen molar-refractivity contribution >= 4 is 18.6 Å². The minimum atomic E-state index is -0.654. The highest BCUT2D eigenvalue weighted by Gasteiger charge is 2.29. The summed E-state index contributed by atoms with van der Waals surface area (Å²) >= 11 is 4.55. The summed E-state index contributed by atoms with van der Waals surface area (Å²) in [6.45, 7) is 17.2. The zero-order valence-corrected chi connectivity index (χ0v) is 20.0. The third-order valence-corrected chi connectivity index (χ3v) is 5.47. The molecule has 1 unspecified atom stereocenters. The van der Waals surface area contributed by atoms with E-state index in [0.29, 0.717) is 18.3 Å². The lowest BCUT2D eigenvalue weighted by molar-refractivity contribution is -0.143. The van der Waals surface area contributed by atoms with Gasteiger partial charge in [0.2, 0.25) is 0 Å². The van der Waals surface area contributed by atoms with E-state index in [1.54, 1.807) is 0 Å². The molecule has 0 aliphatic rings. The normalized spacial score (nSPS) is 13.6. The quantitative estimate of drug-likeness (QED) is 0.285. The van der Waals surface area contributed by atoms with Gasteiger partial charge in [-0.1, -0.05) is 74.7 Å². The predicted octanol–water partition coefficient (Wildman–Crippen LogP) is 6.72. The van der Waals surface area contributed by atoms with Crippen LogP contribution in [0.4, 0.5) is 0 Å². The van der Waals surface area contributed by atoms with Crippen LogP contribution in [0.3, 0.4) is 0 Å². The smallest absolute Gasteiger partial charge is 0.323 e. The van der Waals surface area contributed by atoms with Crippen LogP contribution in [0.5, 0.6) is 5.75 Å². The number of aromatic hydroxyl groups is 1. The second-order valence-corrected chi connectivity index (χ2v) is 10.8. The molecule has 4 heteroatoms. The third kappa shape index (κ3) is 7.35. The van der Waals surface area contributed by atoms with Gasteiger partial charge in [0, 0.05) is 0 Å². The monoisotopic (exact) mass is 408 g/mol. The Morgan fingerprint density at radius 1 is 1.00 bits per heavy atom. The van der Waals surface area contributed by atoms with Crippen molar-refractivity contribution in [3.8, 4) is 5.75 Å². The SMILES string of the molecule is CC(C)CCCCCOC(=O)C(S)c1cc(C(C)(C)C)c(O)c(C(C)(C)C)c1. The van der Waals surface area contributed by atoms with Gasteiger partial charge < -0.3 is 9.84 Å². The number of unbranched alkanes of at least 4 members (excludes halogenated alkanes) is 2. The van der Waals surface area contributed by atoms with Gasteiger partial charge >= 0.3 is 5.97 Å². The van der Waals surface area contributed by atoms with E-state index in [1.807, 2.05) is 12.1 Å². The van der Waals surface area contributed by atoms with E-state index in [0.717, 1.165) is 29.5 Å². The fraction of sp³-hybridized carbons (Fsp3) is 0.708. The van der Waals surface area contributed by atoms with Gasteiger partial charge in [-0.25, -0.2) is 0 Å². The maximum Gasteiger partial charge on any atom is 0.323 e. The second kappa shape index (κ2) is 10.0. The van der Waals surface area contributed by atoms with Crippen molar-refractivity contribution in [3.63, 3.8) is 0 Å². The van der Waals surface area contributed by atoms with E-state index in [9.17, 15) is 9.90 Å². The number of carbonyl (C=O) groups is 1. The predicted molar refractivity (Wildman–Crippen MR) is 121 cm³/mol. The highest BCUT2D eigenvalue weighted by atomic mass is 32.1. The average molecular weight is 409 g/mol. The number of hydrogen-bond donors (Lipinski definition) is 2. The van der Waals surface area contributed by atoms with Crippen LogP contribution in [0.15, 0.2) is 12.1 Å². The summed E-state index contributed by atoms with van der Waals surface area (Å²) in [5.41, 5.74) is 1.95. The number of esters is 1. The summed E-state index contributed by atoms with van der Waals surface area (Å²) in [6.07, 6.45) is 4.34. The topological polar surface area (TPSA) is 46.5 Å². The molecule has 0 heterocycles. The third-order valence-electron chi connectivity index (χ3n) is 4.96. The Hall–Kier alpha value is -1.16. The van der Waals surface area contributed by atoms with E-state index < -0.39 is 5.25 Å². The Balaban J connectivity index is 2.92. The van der Waals surface area contributed by atoms with Gasteiger partial charge in [-0.2, -0.15) is 12.6 Å². The maximum absolute atomic E-state index is 12.5. The summed E-state index contributed by atoms with van der Waals surface area (Å²) in [7, 11) is 0. The number of ether oxygens (including phenoxy) is 1. The molecule has 0 spiro atoms. The molecule has 3 nitrogen and oxygen atoms in total. The van der Waals surface area contributed by atoms with Crippen LogP contribution >= 0.6 is 12.6 Å². The second-order valence-electron chi connectivity index (χ2n) is 10.3. The molecule has 1 rings (SSSR count). The fourth-order valence-electron chi connectivity index (χ4n) is 3.18. The van der Waals surface area contributed by atoms with Crippen LogP contribution in [0.2, 0.25) is 0 Å². The number of phenols is 1. The van der Waals surface area contributed by atoms with Crippen LogP contribution in [0.25, 0.3) is 0 Å². The zero-order chi connectivity index (χ0) is 21.7. The zero-order valence-electron chi connectivity index (χ0n) is 19.1.